The second-order valence-corrected chi connectivity index (χ2v) is 10.5. The highest BCUT2D eigenvalue weighted by molar-refractivity contribution is 6.01. The topological polar surface area (TPSA) is 127 Å². The van der Waals surface area contributed by atoms with Crippen LogP contribution in [-0.2, 0) is 14.4 Å². The predicted octanol–water partition coefficient (Wildman–Crippen LogP) is 2.49. The molecule has 1 aliphatic heterocycles. The lowest BCUT2D eigenvalue weighted by Crippen LogP contribution is -2.54. The molecule has 0 fully saturated rings. The van der Waals surface area contributed by atoms with Crippen LogP contribution in [0.5, 0.6) is 17.2 Å². The number of methoxy groups -OCH3 is 1. The first-order chi connectivity index (χ1) is 20.1. The van der Waals surface area contributed by atoms with Crippen LogP contribution in [0.25, 0.3) is 0 Å². The Balaban J connectivity index is 1.84. The molecule has 0 unspecified atom stereocenters. The molecular formula is C31H42N4O7. The fourth-order valence-corrected chi connectivity index (χ4v) is 4.66. The van der Waals surface area contributed by atoms with Crippen molar-refractivity contribution in [3.05, 3.63) is 54.1 Å². The molecule has 0 aromatic heterocycles. The van der Waals surface area contributed by atoms with Gasteiger partial charge in [0.2, 0.25) is 17.7 Å². The molecule has 2 aromatic carbocycles. The number of rotatable bonds is 9. The first-order valence-electron chi connectivity index (χ1n) is 14.3. The zero-order chi connectivity index (χ0) is 30.6. The van der Waals surface area contributed by atoms with Crippen LogP contribution in [0.4, 0.5) is 0 Å². The lowest BCUT2D eigenvalue weighted by atomic mass is 10.0. The Morgan fingerprint density at radius 3 is 2.45 bits per heavy atom. The molecule has 1 aliphatic rings. The Hall–Kier alpha value is -4.28. The second-order valence-electron chi connectivity index (χ2n) is 10.5. The molecule has 0 radical (unpaired) electrons. The zero-order valence-electron chi connectivity index (χ0n) is 25.1. The van der Waals surface area contributed by atoms with E-state index in [1.807, 2.05) is 32.9 Å². The molecule has 0 aliphatic carbocycles. The molecule has 11 heteroatoms. The number of nitrogens with one attached hydrogen (secondary N) is 2. The molecule has 42 heavy (non-hydrogen) atoms. The van der Waals surface area contributed by atoms with Crippen molar-refractivity contribution in [3.63, 3.8) is 0 Å². The number of hydrogen-bond donors (Lipinski definition) is 2. The van der Waals surface area contributed by atoms with Crippen molar-refractivity contribution in [2.45, 2.75) is 45.7 Å². The van der Waals surface area contributed by atoms with Crippen molar-refractivity contribution < 1.29 is 33.4 Å². The van der Waals surface area contributed by atoms with Gasteiger partial charge < -0.3 is 34.6 Å². The number of nitrogens with zero attached hydrogens (tertiary/aromatic N) is 2. The van der Waals surface area contributed by atoms with Crippen molar-refractivity contribution in [1.82, 2.24) is 20.4 Å². The molecular weight excluding hydrogens is 540 g/mol. The minimum Gasteiger partial charge on any atom is -0.493 e. The first-order valence-corrected chi connectivity index (χ1v) is 14.3. The van der Waals surface area contributed by atoms with E-state index in [4.69, 9.17) is 14.2 Å². The molecule has 2 atom stereocenters. The SMILES string of the molecule is CCN1CCOc2ccccc2C(=O)N[C@H](C(=O)N(C)CCOc2ccccc2OC)CC(=O)N[C@H](CC(C)C)C1=O. The minimum absolute atomic E-state index is 0.131. The number of ether oxygens (including phenoxy) is 3. The van der Waals surface area contributed by atoms with Crippen molar-refractivity contribution in [3.8, 4) is 17.2 Å². The van der Waals surface area contributed by atoms with Gasteiger partial charge in [0.1, 0.15) is 31.0 Å². The quantitative estimate of drug-likeness (QED) is 0.465. The number of para-hydroxylation sites is 3. The van der Waals surface area contributed by atoms with Crippen LogP contribution in [-0.4, -0.2) is 92.5 Å². The Labute approximate surface area is 247 Å². The maximum atomic E-state index is 13.6. The largest absolute Gasteiger partial charge is 0.493 e. The molecule has 0 saturated carbocycles. The Morgan fingerprint density at radius 2 is 1.76 bits per heavy atom. The Bertz CT molecular complexity index is 1240. The van der Waals surface area contributed by atoms with Crippen LogP contribution >= 0.6 is 0 Å². The van der Waals surface area contributed by atoms with Gasteiger partial charge in [-0.2, -0.15) is 0 Å². The van der Waals surface area contributed by atoms with Gasteiger partial charge in [0.15, 0.2) is 11.5 Å². The maximum Gasteiger partial charge on any atom is 0.255 e. The summed E-state index contributed by atoms with van der Waals surface area (Å²) in [6, 6.07) is 11.9. The van der Waals surface area contributed by atoms with Crippen molar-refractivity contribution >= 4 is 23.6 Å². The van der Waals surface area contributed by atoms with Gasteiger partial charge in [0, 0.05) is 13.6 Å². The van der Waals surface area contributed by atoms with E-state index in [2.05, 4.69) is 10.6 Å². The molecule has 0 bridgehead atoms. The highest BCUT2D eigenvalue weighted by Crippen LogP contribution is 2.25. The number of amides is 4. The third kappa shape index (κ3) is 8.86. The van der Waals surface area contributed by atoms with Gasteiger partial charge in [-0.25, -0.2) is 0 Å². The van der Waals surface area contributed by atoms with E-state index in [9.17, 15) is 19.2 Å². The Kier molecular flexibility index (Phi) is 12.0. The molecule has 0 saturated heterocycles. The van der Waals surface area contributed by atoms with Crippen LogP contribution in [0.2, 0.25) is 0 Å². The highest BCUT2D eigenvalue weighted by Gasteiger charge is 2.32. The van der Waals surface area contributed by atoms with E-state index in [1.165, 1.54) is 4.90 Å². The van der Waals surface area contributed by atoms with E-state index >= 15 is 0 Å². The summed E-state index contributed by atoms with van der Waals surface area (Å²) in [6.07, 6.45) is 0.0786. The maximum absolute atomic E-state index is 13.6. The van der Waals surface area contributed by atoms with E-state index in [0.717, 1.165) is 0 Å². The van der Waals surface area contributed by atoms with Gasteiger partial charge in [-0.15, -0.1) is 0 Å². The van der Waals surface area contributed by atoms with Gasteiger partial charge in [-0.3, -0.25) is 19.2 Å². The lowest BCUT2D eigenvalue weighted by Gasteiger charge is -2.29. The molecule has 0 spiro atoms. The summed E-state index contributed by atoms with van der Waals surface area (Å²) in [5.41, 5.74) is 0.224. The molecule has 2 aromatic rings. The van der Waals surface area contributed by atoms with Crippen LogP contribution in [0.15, 0.2) is 48.5 Å². The third-order valence-electron chi connectivity index (χ3n) is 6.91. The van der Waals surface area contributed by atoms with E-state index < -0.39 is 29.8 Å². The fourth-order valence-electron chi connectivity index (χ4n) is 4.66. The standard InChI is InChI=1S/C31H42N4O7/c1-6-35-16-18-41-25-12-8-7-11-22(25)29(37)33-24(20-28(36)32-23(31(35)39)19-21(2)3)30(38)34(4)15-17-42-27-14-10-9-13-26(27)40-5/h7-14,21,23-24H,6,15-20H2,1-5H3,(H,32,36)(H,33,37)/t23-,24+/m1/s1. The molecule has 2 N–H and O–H groups in total. The Morgan fingerprint density at radius 1 is 1.07 bits per heavy atom. The fraction of sp³-hybridized carbons (Fsp3) is 0.484. The molecule has 4 amide bonds. The number of likely N-dealkylation sites (N-methyl/N-ethyl adjacent to an activating group) is 2. The number of carbonyl (C=O) groups excluding carboxylic acids is 4. The number of hydrogen-bond acceptors (Lipinski definition) is 7. The lowest BCUT2D eigenvalue weighted by molar-refractivity contribution is -0.138. The van der Waals surface area contributed by atoms with Gasteiger partial charge in [0.25, 0.3) is 5.91 Å². The second kappa shape index (κ2) is 15.6. The highest BCUT2D eigenvalue weighted by atomic mass is 16.5. The zero-order valence-corrected chi connectivity index (χ0v) is 25.1. The molecule has 11 nitrogen and oxygen atoms in total. The monoisotopic (exact) mass is 582 g/mol. The number of fused-ring (bicyclic) bond motifs is 1. The van der Waals surface area contributed by atoms with Gasteiger partial charge in [-0.1, -0.05) is 38.1 Å². The van der Waals surface area contributed by atoms with Crippen molar-refractivity contribution in [2.75, 3.05) is 47.0 Å². The van der Waals surface area contributed by atoms with E-state index in [0.29, 0.717) is 36.8 Å². The van der Waals surface area contributed by atoms with E-state index in [-0.39, 0.29) is 43.6 Å². The van der Waals surface area contributed by atoms with Crippen LogP contribution in [0.1, 0.15) is 44.0 Å². The summed E-state index contributed by atoms with van der Waals surface area (Å²) in [6.45, 7) is 7.01. The average molecular weight is 583 g/mol. The minimum atomic E-state index is -1.19. The predicted molar refractivity (Wildman–Crippen MR) is 158 cm³/mol. The van der Waals surface area contributed by atoms with E-state index in [1.54, 1.807) is 55.5 Å². The summed E-state index contributed by atoms with van der Waals surface area (Å²) in [5, 5.41) is 5.54. The average Bonchev–Trinajstić information content (AvgIpc) is 2.97. The summed E-state index contributed by atoms with van der Waals surface area (Å²) in [4.78, 5) is 56.7. The van der Waals surface area contributed by atoms with Crippen molar-refractivity contribution in [2.24, 2.45) is 5.92 Å². The van der Waals surface area contributed by atoms with Crippen LogP contribution in [0, 0.1) is 5.92 Å². The summed E-state index contributed by atoms with van der Waals surface area (Å²) >= 11 is 0. The smallest absolute Gasteiger partial charge is 0.255 e. The number of carbonyl (C=O) groups is 4. The summed E-state index contributed by atoms with van der Waals surface area (Å²) in [7, 11) is 3.12. The van der Waals surface area contributed by atoms with Gasteiger partial charge in [0.05, 0.1) is 32.2 Å². The molecule has 228 valence electrons. The molecule has 3 rings (SSSR count). The van der Waals surface area contributed by atoms with Crippen LogP contribution in [0.3, 0.4) is 0 Å². The van der Waals surface area contributed by atoms with Gasteiger partial charge >= 0.3 is 0 Å². The third-order valence-corrected chi connectivity index (χ3v) is 6.91. The van der Waals surface area contributed by atoms with Crippen LogP contribution < -0.4 is 24.8 Å². The summed E-state index contributed by atoms with van der Waals surface area (Å²) in [5.74, 6) is -0.200. The number of benzene rings is 2. The normalized spacial score (nSPS) is 18.2. The van der Waals surface area contributed by atoms with Crippen molar-refractivity contribution in [1.29, 1.82) is 0 Å². The summed E-state index contributed by atoms with van der Waals surface area (Å²) < 4.78 is 17.0. The first kappa shape index (κ1) is 32.2. The van der Waals surface area contributed by atoms with Gasteiger partial charge in [-0.05, 0) is 43.5 Å². The molecule has 1 heterocycles.